The minimum absolute atomic E-state index is 0.0545. The summed E-state index contributed by atoms with van der Waals surface area (Å²) in [5, 5.41) is 0. The van der Waals surface area contributed by atoms with Crippen molar-refractivity contribution >= 4 is 17.0 Å². The summed E-state index contributed by atoms with van der Waals surface area (Å²) in [6.07, 6.45) is 1.60. The molecule has 0 N–H and O–H groups in total. The molecular weight excluding hydrogens is 373 g/mol. The van der Waals surface area contributed by atoms with E-state index < -0.39 is 5.82 Å². The number of pyridine rings is 2. The molecule has 0 bridgehead atoms. The second-order valence-corrected chi connectivity index (χ2v) is 8.62. The standard InChI is InChI=1S/C21H26FN5O2/c1-21(2,3)13-27-16-6-5-15(24-18(16)25(4)20(27)28)14-7-8-23-19(17(14)22)26-9-11-29-12-10-26/h5-8H,9-13H2,1-4H3. The number of anilines is 1. The van der Waals surface area contributed by atoms with Crippen molar-refractivity contribution in [3.63, 3.8) is 0 Å². The lowest BCUT2D eigenvalue weighted by Gasteiger charge is -2.28. The Bertz CT molecular complexity index is 1110. The molecule has 0 aliphatic carbocycles. The van der Waals surface area contributed by atoms with Crippen LogP contribution in [0.1, 0.15) is 20.8 Å². The molecule has 1 aliphatic rings. The summed E-state index contributed by atoms with van der Waals surface area (Å²) in [7, 11) is 1.70. The molecule has 3 aromatic rings. The Labute approximate surface area is 168 Å². The minimum atomic E-state index is -0.402. The minimum Gasteiger partial charge on any atom is -0.378 e. The van der Waals surface area contributed by atoms with Gasteiger partial charge in [0.1, 0.15) is 0 Å². The third-order valence-corrected chi connectivity index (χ3v) is 5.07. The van der Waals surface area contributed by atoms with Gasteiger partial charge in [-0.25, -0.2) is 19.2 Å². The molecule has 4 rings (SSSR count). The third-order valence-electron chi connectivity index (χ3n) is 5.07. The normalized spacial score (nSPS) is 15.3. The molecule has 0 atom stereocenters. The Morgan fingerprint density at radius 2 is 1.90 bits per heavy atom. The van der Waals surface area contributed by atoms with Crippen LogP contribution < -0.4 is 10.6 Å². The van der Waals surface area contributed by atoms with E-state index in [-0.39, 0.29) is 11.1 Å². The van der Waals surface area contributed by atoms with E-state index in [0.29, 0.717) is 55.6 Å². The molecule has 4 heterocycles. The third kappa shape index (κ3) is 3.64. The zero-order valence-electron chi connectivity index (χ0n) is 17.3. The van der Waals surface area contributed by atoms with E-state index in [1.807, 2.05) is 11.0 Å². The number of fused-ring (bicyclic) bond motifs is 1. The lowest BCUT2D eigenvalue weighted by molar-refractivity contribution is 0.122. The zero-order chi connectivity index (χ0) is 20.8. The number of nitrogens with zero attached hydrogens (tertiary/aromatic N) is 5. The highest BCUT2D eigenvalue weighted by Gasteiger charge is 2.22. The topological polar surface area (TPSA) is 65.2 Å². The first-order valence-electron chi connectivity index (χ1n) is 9.80. The predicted molar refractivity (Wildman–Crippen MR) is 111 cm³/mol. The Kier molecular flexibility index (Phi) is 4.90. The maximum atomic E-state index is 15.3. The van der Waals surface area contributed by atoms with Gasteiger partial charge in [-0.3, -0.25) is 9.13 Å². The fourth-order valence-corrected chi connectivity index (χ4v) is 3.68. The molecule has 0 unspecified atom stereocenters. The monoisotopic (exact) mass is 399 g/mol. The molecule has 3 aromatic heterocycles. The first-order valence-corrected chi connectivity index (χ1v) is 9.80. The average molecular weight is 399 g/mol. The van der Waals surface area contributed by atoms with Crippen LogP contribution in [0.5, 0.6) is 0 Å². The number of morpholine rings is 1. The maximum absolute atomic E-state index is 15.3. The van der Waals surface area contributed by atoms with Crippen LogP contribution in [-0.4, -0.2) is 45.4 Å². The summed E-state index contributed by atoms with van der Waals surface area (Å²) in [6, 6.07) is 5.24. The highest BCUT2D eigenvalue weighted by Crippen LogP contribution is 2.29. The molecule has 0 spiro atoms. The van der Waals surface area contributed by atoms with Crippen LogP contribution in [0.15, 0.2) is 29.2 Å². The van der Waals surface area contributed by atoms with Crippen molar-refractivity contribution in [1.29, 1.82) is 0 Å². The van der Waals surface area contributed by atoms with E-state index in [1.54, 1.807) is 29.9 Å². The van der Waals surface area contributed by atoms with E-state index in [9.17, 15) is 4.79 Å². The van der Waals surface area contributed by atoms with Gasteiger partial charge in [-0.1, -0.05) is 20.8 Å². The number of hydrogen-bond donors (Lipinski definition) is 0. The van der Waals surface area contributed by atoms with Crippen molar-refractivity contribution in [2.45, 2.75) is 27.3 Å². The summed E-state index contributed by atoms with van der Waals surface area (Å²) in [4.78, 5) is 23.5. The van der Waals surface area contributed by atoms with Gasteiger partial charge in [0.05, 0.1) is 24.4 Å². The number of aryl methyl sites for hydroxylation is 1. The second kappa shape index (κ2) is 7.26. The van der Waals surface area contributed by atoms with Gasteiger partial charge in [0, 0.05) is 38.4 Å². The van der Waals surface area contributed by atoms with Crippen LogP contribution in [0.25, 0.3) is 22.4 Å². The van der Waals surface area contributed by atoms with Crippen molar-refractivity contribution in [1.82, 2.24) is 19.1 Å². The summed E-state index contributed by atoms with van der Waals surface area (Å²) in [6.45, 7) is 9.14. The van der Waals surface area contributed by atoms with Crippen LogP contribution in [-0.2, 0) is 18.3 Å². The number of aromatic nitrogens is 4. The van der Waals surface area contributed by atoms with Crippen molar-refractivity contribution < 1.29 is 9.13 Å². The van der Waals surface area contributed by atoms with Crippen molar-refractivity contribution in [2.75, 3.05) is 31.2 Å². The van der Waals surface area contributed by atoms with Crippen molar-refractivity contribution in [2.24, 2.45) is 12.5 Å². The Morgan fingerprint density at radius 3 is 2.59 bits per heavy atom. The molecule has 0 radical (unpaired) electrons. The molecule has 8 heteroatoms. The highest BCUT2D eigenvalue weighted by atomic mass is 19.1. The lowest BCUT2D eigenvalue weighted by Crippen LogP contribution is -2.37. The Morgan fingerprint density at radius 1 is 1.17 bits per heavy atom. The van der Waals surface area contributed by atoms with Gasteiger partial charge in [-0.15, -0.1) is 0 Å². The van der Waals surface area contributed by atoms with Gasteiger partial charge in [0.2, 0.25) is 0 Å². The van der Waals surface area contributed by atoms with Gasteiger partial charge in [-0.2, -0.15) is 0 Å². The smallest absolute Gasteiger partial charge is 0.330 e. The van der Waals surface area contributed by atoms with E-state index >= 15 is 4.39 Å². The first-order chi connectivity index (χ1) is 13.8. The molecule has 7 nitrogen and oxygen atoms in total. The highest BCUT2D eigenvalue weighted by molar-refractivity contribution is 5.77. The van der Waals surface area contributed by atoms with Crippen LogP contribution in [0, 0.1) is 11.2 Å². The Hall–Kier alpha value is -2.74. The summed E-state index contributed by atoms with van der Waals surface area (Å²) in [5.41, 5.74) is 1.97. The second-order valence-electron chi connectivity index (χ2n) is 8.62. The van der Waals surface area contributed by atoms with Crippen LogP contribution in [0.2, 0.25) is 0 Å². The van der Waals surface area contributed by atoms with E-state index in [1.165, 1.54) is 4.57 Å². The SMILES string of the molecule is Cn1c(=O)n(CC(C)(C)C)c2ccc(-c3ccnc(N4CCOCC4)c3F)nc21. The number of imidazole rings is 1. The molecule has 29 heavy (non-hydrogen) atoms. The number of rotatable bonds is 3. The van der Waals surface area contributed by atoms with E-state index in [0.717, 1.165) is 5.52 Å². The fraction of sp³-hybridized carbons (Fsp3) is 0.476. The van der Waals surface area contributed by atoms with Crippen LogP contribution >= 0.6 is 0 Å². The quantitative estimate of drug-likeness (QED) is 0.678. The van der Waals surface area contributed by atoms with Gasteiger partial charge in [-0.05, 0) is 23.6 Å². The largest absolute Gasteiger partial charge is 0.378 e. The molecule has 154 valence electrons. The molecule has 0 amide bonds. The molecule has 0 saturated carbocycles. The summed E-state index contributed by atoms with van der Waals surface area (Å²) < 4.78 is 23.9. The molecule has 1 aliphatic heterocycles. The van der Waals surface area contributed by atoms with Gasteiger partial charge in [0.15, 0.2) is 17.3 Å². The predicted octanol–water partition coefficient (Wildman–Crippen LogP) is 2.82. The Balaban J connectivity index is 1.80. The van der Waals surface area contributed by atoms with Crippen LogP contribution in [0.3, 0.4) is 0 Å². The van der Waals surface area contributed by atoms with Crippen LogP contribution in [0.4, 0.5) is 10.2 Å². The average Bonchev–Trinajstić information content (AvgIpc) is 2.92. The fourth-order valence-electron chi connectivity index (χ4n) is 3.68. The molecule has 0 aromatic carbocycles. The molecular formula is C21H26FN5O2. The summed E-state index contributed by atoms with van der Waals surface area (Å²) >= 11 is 0. The first kappa shape index (κ1) is 19.6. The lowest BCUT2D eigenvalue weighted by atomic mass is 9.97. The van der Waals surface area contributed by atoms with Gasteiger partial charge in [0.25, 0.3) is 0 Å². The van der Waals surface area contributed by atoms with E-state index in [2.05, 4.69) is 30.7 Å². The molecule has 1 fully saturated rings. The molecule has 1 saturated heterocycles. The van der Waals surface area contributed by atoms with E-state index in [4.69, 9.17) is 4.74 Å². The number of hydrogen-bond acceptors (Lipinski definition) is 5. The summed E-state index contributed by atoms with van der Waals surface area (Å²) in [5.74, 6) is -0.0905. The number of halogens is 1. The van der Waals surface area contributed by atoms with Gasteiger partial charge >= 0.3 is 5.69 Å². The van der Waals surface area contributed by atoms with Crippen molar-refractivity contribution in [3.8, 4) is 11.3 Å². The number of ether oxygens (including phenoxy) is 1. The maximum Gasteiger partial charge on any atom is 0.330 e. The van der Waals surface area contributed by atoms with Crippen molar-refractivity contribution in [3.05, 3.63) is 40.7 Å². The zero-order valence-corrected chi connectivity index (χ0v) is 17.3. The van der Waals surface area contributed by atoms with Gasteiger partial charge < -0.3 is 9.64 Å².